The van der Waals surface area contributed by atoms with Gasteiger partial charge in [0.25, 0.3) is 0 Å². The largest absolute Gasteiger partial charge is 0.290 e. The van der Waals surface area contributed by atoms with Crippen LogP contribution >= 0.6 is 0 Å². The maximum absolute atomic E-state index is 6.67. The molecule has 1 N–H and O–H groups in total. The molecular weight excluding hydrogens is 112 g/mol. The van der Waals surface area contributed by atoms with Crippen LogP contribution in [-0.4, -0.2) is 12.1 Å². The van der Waals surface area contributed by atoms with E-state index >= 15 is 0 Å². The number of nitrogens with zero attached hydrogens (tertiary/aromatic N) is 1. The molecule has 1 aliphatic carbocycles. The Morgan fingerprint density at radius 1 is 1.56 bits per heavy atom. The normalized spacial score (nSPS) is 20.7. The molecule has 0 saturated heterocycles. The van der Waals surface area contributed by atoms with Gasteiger partial charge >= 0.3 is 0 Å². The van der Waals surface area contributed by atoms with Crippen molar-refractivity contribution in [3.63, 3.8) is 0 Å². The van der Waals surface area contributed by atoms with E-state index in [2.05, 4.69) is 4.99 Å². The molecule has 0 aromatic heterocycles. The first-order valence-electron chi connectivity index (χ1n) is 2.82. The Hall–Kier alpha value is -1.18. The molecule has 0 atom stereocenters. The summed E-state index contributed by atoms with van der Waals surface area (Å²) in [6.07, 6.45) is 9.74. The molecule has 2 heteroatoms. The number of allylic oxidation sites excluding steroid dienone is 4. The van der Waals surface area contributed by atoms with E-state index in [0.29, 0.717) is 0 Å². The summed E-state index contributed by atoms with van der Waals surface area (Å²) in [5.41, 5.74) is 0.951. The lowest BCUT2D eigenvalue weighted by Gasteiger charge is -1.95. The zero-order valence-corrected chi connectivity index (χ0v) is 5.04. The first kappa shape index (κ1) is 5.95. The Labute approximate surface area is 54.1 Å². The smallest absolute Gasteiger partial charge is 0.107 e. The number of nitrogens with one attached hydrogen (secondary N) is 1. The van der Waals surface area contributed by atoms with Crippen molar-refractivity contribution in [3.05, 3.63) is 24.3 Å². The third-order valence-corrected chi connectivity index (χ3v) is 1.09. The van der Waals surface area contributed by atoms with Crippen molar-refractivity contribution >= 4 is 12.1 Å². The van der Waals surface area contributed by atoms with Crippen molar-refractivity contribution < 1.29 is 0 Å². The number of aliphatic imine (C=N–C) groups is 1. The molecule has 0 radical (unpaired) electrons. The molecule has 0 aromatic rings. The van der Waals surface area contributed by atoms with Gasteiger partial charge in [0.15, 0.2) is 0 Å². The highest BCUT2D eigenvalue weighted by Gasteiger charge is 1.91. The van der Waals surface area contributed by atoms with Gasteiger partial charge in [-0.2, -0.15) is 0 Å². The van der Waals surface area contributed by atoms with Gasteiger partial charge in [0.1, 0.15) is 6.34 Å². The molecule has 1 aliphatic rings. The fourth-order valence-electron chi connectivity index (χ4n) is 0.681. The maximum Gasteiger partial charge on any atom is 0.107 e. The molecule has 0 bridgehead atoms. The Morgan fingerprint density at radius 2 is 2.44 bits per heavy atom. The number of hydrogen-bond acceptors (Lipinski definition) is 1. The predicted octanol–water partition coefficient (Wildman–Crippen LogP) is 1.55. The predicted molar refractivity (Wildman–Crippen MR) is 39.1 cm³/mol. The van der Waals surface area contributed by atoms with Gasteiger partial charge in [-0.3, -0.25) is 5.41 Å². The molecule has 0 aromatic carbocycles. The summed E-state index contributed by atoms with van der Waals surface area (Å²) in [4.78, 5) is 3.80. The fraction of sp³-hybridized carbons (Fsp3) is 0.143. The van der Waals surface area contributed by atoms with Crippen molar-refractivity contribution in [1.82, 2.24) is 0 Å². The Bertz CT molecular complexity index is 187. The molecular formula is C7H8N2. The van der Waals surface area contributed by atoms with Crippen LogP contribution in [0, 0.1) is 5.41 Å². The topological polar surface area (TPSA) is 36.2 Å². The molecule has 0 saturated carbocycles. The third-order valence-electron chi connectivity index (χ3n) is 1.09. The zero-order chi connectivity index (χ0) is 6.53. The molecule has 0 spiro atoms. The summed E-state index contributed by atoms with van der Waals surface area (Å²) in [5, 5.41) is 6.67. The van der Waals surface area contributed by atoms with Gasteiger partial charge in [0.05, 0.1) is 0 Å². The minimum absolute atomic E-state index is 0.853. The highest BCUT2D eigenvalue weighted by Crippen LogP contribution is 1.97. The molecule has 0 amide bonds. The summed E-state index contributed by atoms with van der Waals surface area (Å²) in [5.74, 6) is 0. The van der Waals surface area contributed by atoms with Gasteiger partial charge in [-0.05, 0) is 6.08 Å². The fourth-order valence-corrected chi connectivity index (χ4v) is 0.681. The van der Waals surface area contributed by atoms with Crippen LogP contribution in [0.2, 0.25) is 0 Å². The molecule has 9 heavy (non-hydrogen) atoms. The van der Waals surface area contributed by atoms with E-state index in [4.69, 9.17) is 5.41 Å². The Kier molecular flexibility index (Phi) is 1.96. The molecule has 0 aliphatic heterocycles. The van der Waals surface area contributed by atoms with E-state index < -0.39 is 0 Å². The highest BCUT2D eigenvalue weighted by molar-refractivity contribution is 6.00. The summed E-state index contributed by atoms with van der Waals surface area (Å²) >= 11 is 0. The standard InChI is InChI=1S/C7H8N2/c8-6-9-7-4-2-1-3-5-7/h1-4,6,8H,5H2/b8-6?,9-7-. The van der Waals surface area contributed by atoms with E-state index in [9.17, 15) is 0 Å². The van der Waals surface area contributed by atoms with Crippen molar-refractivity contribution in [3.8, 4) is 0 Å². The van der Waals surface area contributed by atoms with Crippen LogP contribution in [0.1, 0.15) is 6.42 Å². The lowest BCUT2D eigenvalue weighted by atomic mass is 10.2. The Balaban J connectivity index is 2.65. The average Bonchev–Trinajstić information content (AvgIpc) is 1.91. The van der Waals surface area contributed by atoms with Crippen molar-refractivity contribution in [1.29, 1.82) is 5.41 Å². The van der Waals surface area contributed by atoms with Crippen LogP contribution in [0.25, 0.3) is 0 Å². The summed E-state index contributed by atoms with van der Waals surface area (Å²) in [6, 6.07) is 0. The van der Waals surface area contributed by atoms with Gasteiger partial charge in [0.2, 0.25) is 0 Å². The maximum atomic E-state index is 6.67. The van der Waals surface area contributed by atoms with E-state index in [-0.39, 0.29) is 0 Å². The zero-order valence-electron chi connectivity index (χ0n) is 5.04. The van der Waals surface area contributed by atoms with Crippen molar-refractivity contribution in [2.75, 3.05) is 0 Å². The lowest BCUT2D eigenvalue weighted by Crippen LogP contribution is -1.93. The van der Waals surface area contributed by atoms with Crippen molar-refractivity contribution in [2.45, 2.75) is 6.42 Å². The molecule has 0 heterocycles. The first-order valence-corrected chi connectivity index (χ1v) is 2.82. The number of rotatable bonds is 1. The van der Waals surface area contributed by atoms with Crippen LogP contribution in [-0.2, 0) is 0 Å². The minimum atomic E-state index is 0.853. The average molecular weight is 120 g/mol. The van der Waals surface area contributed by atoms with Gasteiger partial charge < -0.3 is 0 Å². The molecule has 46 valence electrons. The molecule has 0 unspecified atom stereocenters. The molecule has 1 rings (SSSR count). The SMILES string of the molecule is N=C/N=C1/C=CC=CC1. The van der Waals surface area contributed by atoms with Gasteiger partial charge in [-0.25, -0.2) is 4.99 Å². The van der Waals surface area contributed by atoms with Crippen LogP contribution in [0.5, 0.6) is 0 Å². The minimum Gasteiger partial charge on any atom is -0.290 e. The summed E-state index contributed by atoms with van der Waals surface area (Å²) in [7, 11) is 0. The second-order valence-electron chi connectivity index (χ2n) is 1.74. The lowest BCUT2D eigenvalue weighted by molar-refractivity contribution is 1.42. The van der Waals surface area contributed by atoms with Crippen LogP contribution in [0.15, 0.2) is 29.3 Å². The first-order chi connectivity index (χ1) is 4.43. The van der Waals surface area contributed by atoms with E-state index in [1.807, 2.05) is 24.3 Å². The second-order valence-corrected chi connectivity index (χ2v) is 1.74. The number of hydrogen-bond donors (Lipinski definition) is 1. The van der Waals surface area contributed by atoms with Crippen LogP contribution < -0.4 is 0 Å². The summed E-state index contributed by atoms with van der Waals surface area (Å²) in [6.45, 7) is 0. The molecule has 0 fully saturated rings. The third kappa shape index (κ3) is 1.64. The van der Waals surface area contributed by atoms with Crippen molar-refractivity contribution in [2.24, 2.45) is 4.99 Å². The summed E-state index contributed by atoms with van der Waals surface area (Å²) < 4.78 is 0. The van der Waals surface area contributed by atoms with Gasteiger partial charge in [-0.15, -0.1) is 0 Å². The second kappa shape index (κ2) is 2.97. The molecule has 2 nitrogen and oxygen atoms in total. The van der Waals surface area contributed by atoms with E-state index in [0.717, 1.165) is 18.5 Å². The van der Waals surface area contributed by atoms with Crippen LogP contribution in [0.4, 0.5) is 0 Å². The van der Waals surface area contributed by atoms with Gasteiger partial charge in [-0.1, -0.05) is 18.2 Å². The van der Waals surface area contributed by atoms with E-state index in [1.54, 1.807) is 0 Å². The van der Waals surface area contributed by atoms with Gasteiger partial charge in [0, 0.05) is 12.1 Å². The monoisotopic (exact) mass is 120 g/mol. The van der Waals surface area contributed by atoms with Crippen LogP contribution in [0.3, 0.4) is 0 Å². The quantitative estimate of drug-likeness (QED) is 0.402. The van der Waals surface area contributed by atoms with E-state index in [1.165, 1.54) is 0 Å². The highest BCUT2D eigenvalue weighted by atomic mass is 14.8. The Morgan fingerprint density at radius 3 is 3.00 bits per heavy atom.